The molecular formula is C13H15F3N2O3. The number of hydrogen-bond donors (Lipinski definition) is 2. The molecule has 0 bridgehead atoms. The molecule has 0 spiro atoms. The summed E-state index contributed by atoms with van der Waals surface area (Å²) in [6.07, 6.45) is -4.52. The van der Waals surface area contributed by atoms with E-state index >= 15 is 0 Å². The van der Waals surface area contributed by atoms with Gasteiger partial charge < -0.3 is 15.4 Å². The van der Waals surface area contributed by atoms with Gasteiger partial charge in [0.1, 0.15) is 0 Å². The van der Waals surface area contributed by atoms with Crippen LogP contribution < -0.4 is 10.6 Å². The van der Waals surface area contributed by atoms with E-state index in [1.165, 1.54) is 13.2 Å². The first kappa shape index (κ1) is 17.0. The fourth-order valence-electron chi connectivity index (χ4n) is 1.45. The van der Waals surface area contributed by atoms with Gasteiger partial charge in [-0.3, -0.25) is 9.59 Å². The molecule has 116 valence electrons. The smallest absolute Gasteiger partial charge is 0.383 e. The van der Waals surface area contributed by atoms with E-state index < -0.39 is 23.6 Å². The molecule has 0 aliphatic heterocycles. The van der Waals surface area contributed by atoms with Gasteiger partial charge >= 0.3 is 6.18 Å². The van der Waals surface area contributed by atoms with E-state index in [0.717, 1.165) is 18.2 Å². The number of alkyl halides is 3. The standard InChI is InChI=1S/C13H15F3N2O3/c1-21-6-5-17-11(19)8-18-12(20)9-3-2-4-10(7-9)13(14,15)16/h2-4,7H,5-6,8H2,1H3,(H,17,19)(H,18,20). The fraction of sp³-hybridized carbons (Fsp3) is 0.385. The fourth-order valence-corrected chi connectivity index (χ4v) is 1.45. The molecule has 0 aromatic heterocycles. The minimum atomic E-state index is -4.52. The van der Waals surface area contributed by atoms with Gasteiger partial charge in [-0.1, -0.05) is 6.07 Å². The van der Waals surface area contributed by atoms with Crippen LogP contribution in [-0.4, -0.2) is 38.6 Å². The predicted octanol–water partition coefficient (Wildman–Crippen LogP) is 1.20. The van der Waals surface area contributed by atoms with Crippen molar-refractivity contribution < 1.29 is 27.5 Å². The predicted molar refractivity (Wildman–Crippen MR) is 68.7 cm³/mol. The molecule has 21 heavy (non-hydrogen) atoms. The van der Waals surface area contributed by atoms with Crippen LogP contribution >= 0.6 is 0 Å². The van der Waals surface area contributed by atoms with Crippen LogP contribution in [0, 0.1) is 0 Å². The SMILES string of the molecule is COCCNC(=O)CNC(=O)c1cccc(C(F)(F)F)c1. The number of nitrogens with one attached hydrogen (secondary N) is 2. The molecule has 8 heteroatoms. The van der Waals surface area contributed by atoms with Crippen molar-refractivity contribution in [2.24, 2.45) is 0 Å². The quantitative estimate of drug-likeness (QED) is 0.776. The maximum atomic E-state index is 12.5. The molecule has 0 heterocycles. The summed E-state index contributed by atoms with van der Waals surface area (Å²) in [6, 6.07) is 3.98. The van der Waals surface area contributed by atoms with Crippen molar-refractivity contribution in [2.45, 2.75) is 6.18 Å². The van der Waals surface area contributed by atoms with Crippen LogP contribution in [0.3, 0.4) is 0 Å². The molecule has 0 fully saturated rings. The second kappa shape index (κ2) is 7.63. The molecular weight excluding hydrogens is 289 g/mol. The number of ether oxygens (including phenoxy) is 1. The number of carbonyl (C=O) groups excluding carboxylic acids is 2. The van der Waals surface area contributed by atoms with Crippen LogP contribution in [0.5, 0.6) is 0 Å². The summed E-state index contributed by atoms with van der Waals surface area (Å²) >= 11 is 0. The van der Waals surface area contributed by atoms with Gasteiger partial charge in [0.25, 0.3) is 5.91 Å². The molecule has 2 N–H and O–H groups in total. The highest BCUT2D eigenvalue weighted by atomic mass is 19.4. The van der Waals surface area contributed by atoms with Crippen molar-refractivity contribution in [1.29, 1.82) is 0 Å². The van der Waals surface area contributed by atoms with Gasteiger partial charge in [-0.25, -0.2) is 0 Å². The molecule has 0 saturated carbocycles. The third kappa shape index (κ3) is 5.82. The first-order chi connectivity index (χ1) is 9.84. The lowest BCUT2D eigenvalue weighted by Crippen LogP contribution is -2.38. The summed E-state index contributed by atoms with van der Waals surface area (Å²) in [5.74, 6) is -1.20. The van der Waals surface area contributed by atoms with Crippen LogP contribution in [0.15, 0.2) is 24.3 Å². The average Bonchev–Trinajstić information content (AvgIpc) is 2.44. The van der Waals surface area contributed by atoms with Crippen molar-refractivity contribution in [3.05, 3.63) is 35.4 Å². The Bertz CT molecular complexity index is 504. The van der Waals surface area contributed by atoms with Crippen molar-refractivity contribution in [1.82, 2.24) is 10.6 Å². The van der Waals surface area contributed by atoms with Crippen LogP contribution in [0.4, 0.5) is 13.2 Å². The molecule has 1 aromatic rings. The molecule has 0 radical (unpaired) electrons. The zero-order valence-electron chi connectivity index (χ0n) is 11.3. The highest BCUT2D eigenvalue weighted by Gasteiger charge is 2.30. The molecule has 0 unspecified atom stereocenters. The van der Waals surface area contributed by atoms with Gasteiger partial charge in [-0.15, -0.1) is 0 Å². The van der Waals surface area contributed by atoms with E-state index in [9.17, 15) is 22.8 Å². The monoisotopic (exact) mass is 304 g/mol. The number of amides is 2. The number of methoxy groups -OCH3 is 1. The van der Waals surface area contributed by atoms with E-state index in [-0.39, 0.29) is 18.7 Å². The third-order valence-electron chi connectivity index (χ3n) is 2.49. The molecule has 0 saturated heterocycles. The van der Waals surface area contributed by atoms with Gasteiger partial charge in [0, 0.05) is 19.2 Å². The van der Waals surface area contributed by atoms with Crippen molar-refractivity contribution in [3.63, 3.8) is 0 Å². The number of rotatable bonds is 6. The Morgan fingerprint density at radius 1 is 1.24 bits per heavy atom. The normalized spacial score (nSPS) is 11.0. The van der Waals surface area contributed by atoms with E-state index in [4.69, 9.17) is 4.74 Å². The van der Waals surface area contributed by atoms with Gasteiger partial charge in [-0.2, -0.15) is 13.2 Å². The summed E-state index contributed by atoms with van der Waals surface area (Å²) in [5, 5.41) is 4.71. The molecule has 0 atom stereocenters. The summed E-state index contributed by atoms with van der Waals surface area (Å²) in [5.41, 5.74) is -1.07. The Labute approximate surface area is 119 Å². The van der Waals surface area contributed by atoms with Gasteiger partial charge in [0.05, 0.1) is 18.7 Å². The first-order valence-corrected chi connectivity index (χ1v) is 6.05. The minimum absolute atomic E-state index is 0.158. The van der Waals surface area contributed by atoms with Crippen LogP contribution in [0.25, 0.3) is 0 Å². The van der Waals surface area contributed by atoms with Gasteiger partial charge in [0.15, 0.2) is 0 Å². The van der Waals surface area contributed by atoms with Crippen LogP contribution in [0.1, 0.15) is 15.9 Å². The summed E-state index contributed by atoms with van der Waals surface area (Å²) in [4.78, 5) is 23.0. The van der Waals surface area contributed by atoms with Crippen molar-refractivity contribution in [3.8, 4) is 0 Å². The topological polar surface area (TPSA) is 67.4 Å². The van der Waals surface area contributed by atoms with E-state index in [0.29, 0.717) is 6.61 Å². The summed E-state index contributed by atoms with van der Waals surface area (Å²) in [6.45, 7) is 0.293. The number of halogens is 3. The Balaban J connectivity index is 2.54. The molecule has 5 nitrogen and oxygen atoms in total. The molecule has 0 aliphatic rings. The molecule has 0 aliphatic carbocycles. The van der Waals surface area contributed by atoms with Gasteiger partial charge in [-0.05, 0) is 18.2 Å². The average molecular weight is 304 g/mol. The molecule has 1 rings (SSSR count). The highest BCUT2D eigenvalue weighted by molar-refractivity contribution is 5.96. The Morgan fingerprint density at radius 2 is 1.95 bits per heavy atom. The minimum Gasteiger partial charge on any atom is -0.383 e. The van der Waals surface area contributed by atoms with Crippen LogP contribution in [-0.2, 0) is 15.7 Å². The first-order valence-electron chi connectivity index (χ1n) is 6.05. The largest absolute Gasteiger partial charge is 0.416 e. The zero-order chi connectivity index (χ0) is 15.9. The number of hydrogen-bond acceptors (Lipinski definition) is 3. The second-order valence-corrected chi connectivity index (χ2v) is 4.10. The van der Waals surface area contributed by atoms with Gasteiger partial charge in [0.2, 0.25) is 5.91 Å². The third-order valence-corrected chi connectivity index (χ3v) is 2.49. The van der Waals surface area contributed by atoms with E-state index in [1.807, 2.05) is 0 Å². The maximum absolute atomic E-state index is 12.5. The number of benzene rings is 1. The summed E-state index contributed by atoms with van der Waals surface area (Å²) in [7, 11) is 1.47. The van der Waals surface area contributed by atoms with Crippen LogP contribution in [0.2, 0.25) is 0 Å². The Hall–Kier alpha value is -2.09. The second-order valence-electron chi connectivity index (χ2n) is 4.10. The van der Waals surface area contributed by atoms with Crippen molar-refractivity contribution >= 4 is 11.8 Å². The summed E-state index contributed by atoms with van der Waals surface area (Å²) < 4.78 is 42.3. The highest BCUT2D eigenvalue weighted by Crippen LogP contribution is 2.29. The molecule has 2 amide bonds. The lowest BCUT2D eigenvalue weighted by molar-refractivity contribution is -0.137. The van der Waals surface area contributed by atoms with E-state index in [1.54, 1.807) is 0 Å². The lowest BCUT2D eigenvalue weighted by atomic mass is 10.1. The number of carbonyl (C=O) groups is 2. The lowest BCUT2D eigenvalue weighted by Gasteiger charge is -2.09. The van der Waals surface area contributed by atoms with Crippen molar-refractivity contribution in [2.75, 3.05) is 26.8 Å². The van der Waals surface area contributed by atoms with E-state index in [2.05, 4.69) is 10.6 Å². The molecule has 1 aromatic carbocycles. The Kier molecular flexibility index (Phi) is 6.16. The zero-order valence-corrected chi connectivity index (χ0v) is 11.3. The Morgan fingerprint density at radius 3 is 2.57 bits per heavy atom. The maximum Gasteiger partial charge on any atom is 0.416 e.